The summed E-state index contributed by atoms with van der Waals surface area (Å²) < 4.78 is 13.7. The van der Waals surface area contributed by atoms with Crippen LogP contribution in [0.2, 0.25) is 0 Å². The lowest BCUT2D eigenvalue weighted by Gasteiger charge is -2.35. The molecule has 1 aromatic rings. The molecule has 1 saturated heterocycles. The van der Waals surface area contributed by atoms with E-state index in [2.05, 4.69) is 10.6 Å². The van der Waals surface area contributed by atoms with E-state index in [1.54, 1.807) is 12.1 Å². The molecule has 1 saturated carbocycles. The molecule has 0 bridgehead atoms. The van der Waals surface area contributed by atoms with Crippen molar-refractivity contribution in [1.82, 2.24) is 10.6 Å². The Hall–Kier alpha value is -0.930. The van der Waals surface area contributed by atoms with Crippen LogP contribution >= 0.6 is 0 Å². The predicted molar refractivity (Wildman–Crippen MR) is 78.3 cm³/mol. The highest BCUT2D eigenvalue weighted by Crippen LogP contribution is 2.50. The fraction of sp³-hybridized carbons (Fsp3) is 0.647. The molecule has 3 heteroatoms. The van der Waals surface area contributed by atoms with E-state index in [1.807, 2.05) is 6.07 Å². The molecular weight excluding hydrogens is 251 g/mol. The Kier molecular flexibility index (Phi) is 3.08. The molecule has 2 nitrogen and oxygen atoms in total. The van der Waals surface area contributed by atoms with Gasteiger partial charge in [0.15, 0.2) is 0 Å². The summed E-state index contributed by atoms with van der Waals surface area (Å²) in [7, 11) is 0. The Bertz CT molecular complexity index is 504. The Morgan fingerprint density at radius 2 is 2.05 bits per heavy atom. The van der Waals surface area contributed by atoms with Crippen LogP contribution < -0.4 is 10.6 Å². The van der Waals surface area contributed by atoms with Crippen molar-refractivity contribution in [2.75, 3.05) is 19.6 Å². The van der Waals surface area contributed by atoms with Crippen LogP contribution in [0.25, 0.3) is 0 Å². The van der Waals surface area contributed by atoms with Crippen LogP contribution in [0.15, 0.2) is 18.2 Å². The summed E-state index contributed by atoms with van der Waals surface area (Å²) in [6.07, 6.45) is 6.20. The summed E-state index contributed by atoms with van der Waals surface area (Å²) in [5, 5.41) is 7.19. The molecule has 2 aliphatic carbocycles. The Morgan fingerprint density at radius 1 is 1.25 bits per heavy atom. The second-order valence-electron chi connectivity index (χ2n) is 6.87. The maximum atomic E-state index is 13.7. The maximum Gasteiger partial charge on any atom is 0.123 e. The highest BCUT2D eigenvalue weighted by Gasteiger charge is 2.44. The van der Waals surface area contributed by atoms with Crippen molar-refractivity contribution in [3.8, 4) is 0 Å². The maximum absolute atomic E-state index is 13.7. The SMILES string of the molecule is Fc1ccc2c(c1)C1(CCNCC1)CC2NCC1CC1. The molecule has 3 aliphatic rings. The third-order valence-corrected chi connectivity index (χ3v) is 5.47. The molecule has 2 N–H and O–H groups in total. The number of fused-ring (bicyclic) bond motifs is 2. The van der Waals surface area contributed by atoms with Crippen LogP contribution in [0.3, 0.4) is 0 Å². The molecule has 1 aromatic carbocycles. The van der Waals surface area contributed by atoms with Crippen molar-refractivity contribution in [3.05, 3.63) is 35.1 Å². The first-order valence-corrected chi connectivity index (χ1v) is 8.01. The van der Waals surface area contributed by atoms with E-state index in [0.29, 0.717) is 6.04 Å². The Labute approximate surface area is 120 Å². The zero-order valence-corrected chi connectivity index (χ0v) is 11.9. The first-order valence-electron chi connectivity index (χ1n) is 8.01. The third-order valence-electron chi connectivity index (χ3n) is 5.47. The van der Waals surface area contributed by atoms with Gasteiger partial charge in [0, 0.05) is 6.04 Å². The van der Waals surface area contributed by atoms with Crippen molar-refractivity contribution in [2.24, 2.45) is 5.92 Å². The molecule has 108 valence electrons. The minimum atomic E-state index is -0.0792. The van der Waals surface area contributed by atoms with E-state index in [-0.39, 0.29) is 11.2 Å². The molecule has 0 radical (unpaired) electrons. The van der Waals surface area contributed by atoms with Crippen molar-refractivity contribution in [3.63, 3.8) is 0 Å². The van der Waals surface area contributed by atoms with E-state index >= 15 is 0 Å². The monoisotopic (exact) mass is 274 g/mol. The van der Waals surface area contributed by atoms with Gasteiger partial charge >= 0.3 is 0 Å². The molecule has 20 heavy (non-hydrogen) atoms. The lowest BCUT2D eigenvalue weighted by molar-refractivity contribution is 0.281. The van der Waals surface area contributed by atoms with Crippen LogP contribution in [-0.2, 0) is 5.41 Å². The summed E-state index contributed by atoms with van der Waals surface area (Å²) in [5.74, 6) is 0.813. The van der Waals surface area contributed by atoms with Gasteiger partial charge in [-0.25, -0.2) is 4.39 Å². The number of rotatable bonds is 3. The minimum Gasteiger partial charge on any atom is -0.317 e. The molecule has 1 spiro atoms. The van der Waals surface area contributed by atoms with Gasteiger partial charge < -0.3 is 10.6 Å². The summed E-state index contributed by atoms with van der Waals surface area (Å²) in [4.78, 5) is 0. The van der Waals surface area contributed by atoms with Gasteiger partial charge in [0.1, 0.15) is 5.82 Å². The fourth-order valence-electron chi connectivity index (χ4n) is 4.09. The average Bonchev–Trinajstić information content (AvgIpc) is 3.25. The van der Waals surface area contributed by atoms with E-state index in [4.69, 9.17) is 0 Å². The van der Waals surface area contributed by atoms with Crippen LogP contribution in [0.5, 0.6) is 0 Å². The first-order chi connectivity index (χ1) is 9.77. The lowest BCUT2D eigenvalue weighted by Crippen LogP contribution is -2.39. The van der Waals surface area contributed by atoms with E-state index in [1.165, 1.54) is 24.0 Å². The van der Waals surface area contributed by atoms with Gasteiger partial charge in [0.05, 0.1) is 0 Å². The molecule has 1 unspecified atom stereocenters. The standard InChI is InChI=1S/C17H23FN2/c18-13-3-4-14-15(9-13)17(5-7-19-8-6-17)10-16(14)20-11-12-1-2-12/h3-4,9,12,16,19-20H,1-2,5-8,10-11H2. The normalized spacial score (nSPS) is 27.8. The van der Waals surface area contributed by atoms with Crippen LogP contribution in [-0.4, -0.2) is 19.6 Å². The second kappa shape index (κ2) is 4.81. The molecule has 0 amide bonds. The first kappa shape index (κ1) is 12.8. The number of hydrogen-bond acceptors (Lipinski definition) is 2. The van der Waals surface area contributed by atoms with Crippen LogP contribution in [0.4, 0.5) is 4.39 Å². The lowest BCUT2D eigenvalue weighted by atomic mass is 9.74. The quantitative estimate of drug-likeness (QED) is 0.885. The van der Waals surface area contributed by atoms with E-state index in [9.17, 15) is 4.39 Å². The topological polar surface area (TPSA) is 24.1 Å². The summed E-state index contributed by atoms with van der Waals surface area (Å²) in [6.45, 7) is 3.26. The average molecular weight is 274 g/mol. The zero-order chi connectivity index (χ0) is 13.6. The molecule has 1 aliphatic heterocycles. The van der Waals surface area contributed by atoms with Crippen LogP contribution in [0.1, 0.15) is 49.3 Å². The van der Waals surface area contributed by atoms with Gasteiger partial charge in [-0.3, -0.25) is 0 Å². The Morgan fingerprint density at radius 3 is 2.80 bits per heavy atom. The van der Waals surface area contributed by atoms with Gasteiger partial charge in [0.2, 0.25) is 0 Å². The highest BCUT2D eigenvalue weighted by molar-refractivity contribution is 5.43. The van der Waals surface area contributed by atoms with Crippen molar-refractivity contribution in [1.29, 1.82) is 0 Å². The van der Waals surface area contributed by atoms with Gasteiger partial charge in [-0.15, -0.1) is 0 Å². The largest absolute Gasteiger partial charge is 0.317 e. The number of hydrogen-bond donors (Lipinski definition) is 2. The molecule has 0 aromatic heterocycles. The zero-order valence-electron chi connectivity index (χ0n) is 11.9. The third kappa shape index (κ3) is 2.17. The van der Waals surface area contributed by atoms with Crippen molar-refractivity contribution < 1.29 is 4.39 Å². The molecule has 1 atom stereocenters. The summed E-state index contributed by atoms with van der Waals surface area (Å²) in [6, 6.07) is 5.89. The Balaban J connectivity index is 1.64. The molecule has 1 heterocycles. The van der Waals surface area contributed by atoms with E-state index < -0.39 is 0 Å². The number of halogens is 1. The number of benzene rings is 1. The van der Waals surface area contributed by atoms with Gasteiger partial charge in [-0.1, -0.05) is 6.07 Å². The summed E-state index contributed by atoms with van der Waals surface area (Å²) >= 11 is 0. The summed E-state index contributed by atoms with van der Waals surface area (Å²) in [5.41, 5.74) is 2.85. The smallest absolute Gasteiger partial charge is 0.123 e. The minimum absolute atomic E-state index is 0.0792. The second-order valence-corrected chi connectivity index (χ2v) is 6.87. The van der Waals surface area contributed by atoms with E-state index in [0.717, 1.165) is 44.8 Å². The van der Waals surface area contributed by atoms with Gasteiger partial charge in [-0.05, 0) is 86.3 Å². The highest BCUT2D eigenvalue weighted by atomic mass is 19.1. The molecular formula is C17H23FN2. The van der Waals surface area contributed by atoms with Crippen molar-refractivity contribution >= 4 is 0 Å². The molecule has 2 fully saturated rings. The van der Waals surface area contributed by atoms with Crippen LogP contribution in [0, 0.1) is 11.7 Å². The predicted octanol–water partition coefficient (Wildman–Crippen LogP) is 2.89. The number of nitrogens with one attached hydrogen (secondary N) is 2. The molecule has 4 rings (SSSR count). The van der Waals surface area contributed by atoms with Gasteiger partial charge in [0.25, 0.3) is 0 Å². The number of piperidine rings is 1. The van der Waals surface area contributed by atoms with Crippen molar-refractivity contribution in [2.45, 2.75) is 43.6 Å². The fourth-order valence-corrected chi connectivity index (χ4v) is 4.09. The van der Waals surface area contributed by atoms with Gasteiger partial charge in [-0.2, -0.15) is 0 Å².